The van der Waals surface area contributed by atoms with Gasteiger partial charge in [-0.2, -0.15) is 0 Å². The average Bonchev–Trinajstić information content (AvgIpc) is 3.05. The molecule has 1 aromatic heterocycles. The van der Waals surface area contributed by atoms with Gasteiger partial charge in [0.1, 0.15) is 0 Å². The number of benzene rings is 2. The summed E-state index contributed by atoms with van der Waals surface area (Å²) in [5, 5.41) is 2.10. The van der Waals surface area contributed by atoms with Gasteiger partial charge in [-0.3, -0.25) is 9.59 Å². The van der Waals surface area contributed by atoms with Gasteiger partial charge in [0.15, 0.2) is 11.6 Å². The van der Waals surface area contributed by atoms with Gasteiger partial charge in [0.25, 0.3) is 0 Å². The van der Waals surface area contributed by atoms with Crippen LogP contribution in [0.5, 0.6) is 0 Å². The molecule has 0 spiro atoms. The van der Waals surface area contributed by atoms with Crippen molar-refractivity contribution in [1.29, 1.82) is 0 Å². The molecule has 3 rings (SSSR count). The molecule has 3 aromatic rings. The second kappa shape index (κ2) is 9.40. The van der Waals surface area contributed by atoms with Crippen LogP contribution in [0, 0.1) is 0 Å². The van der Waals surface area contributed by atoms with Gasteiger partial charge in [0.05, 0.1) is 0 Å². The lowest BCUT2D eigenvalue weighted by Crippen LogP contribution is -2.26. The molecule has 0 radical (unpaired) electrons. The van der Waals surface area contributed by atoms with E-state index in [1.54, 1.807) is 13.8 Å². The lowest BCUT2D eigenvalue weighted by atomic mass is 9.96. The fraction of sp³-hybridized carbons (Fsp3) is 0.385. The number of hydrogen-bond acceptors (Lipinski definition) is 3. The monoisotopic (exact) mass is 404 g/mol. The average molecular weight is 405 g/mol. The molecule has 0 saturated heterocycles. The molecule has 0 aliphatic rings. The second-order valence-corrected chi connectivity index (χ2v) is 7.75. The normalized spacial score (nSPS) is 11.9. The summed E-state index contributed by atoms with van der Waals surface area (Å²) < 4.78 is 2.33. The Balaban J connectivity index is 2.36. The van der Waals surface area contributed by atoms with E-state index in [4.69, 9.17) is 0 Å². The topological polar surface area (TPSA) is 42.3 Å². The van der Waals surface area contributed by atoms with E-state index in [9.17, 15) is 9.59 Å². The van der Waals surface area contributed by atoms with Crippen LogP contribution in [-0.2, 0) is 6.54 Å². The molecular weight excluding hydrogens is 372 g/mol. The standard InChI is InChI=1S/C26H32N2O2/c1-6-9-10-22-21(19(5)30)12-14-25-26(22)23-17-20(18(4)29)11-13-24(23)28(25)16-15-27(7-2)8-3/h9-14,17H,6-8,15-16H2,1-5H3/b10-9-. The zero-order valence-corrected chi connectivity index (χ0v) is 18.8. The Labute approximate surface area is 179 Å². The van der Waals surface area contributed by atoms with E-state index >= 15 is 0 Å². The summed E-state index contributed by atoms with van der Waals surface area (Å²) in [4.78, 5) is 26.9. The lowest BCUT2D eigenvalue weighted by Gasteiger charge is -2.19. The second-order valence-electron chi connectivity index (χ2n) is 7.75. The molecule has 0 saturated carbocycles. The van der Waals surface area contributed by atoms with E-state index in [0.29, 0.717) is 5.56 Å². The van der Waals surface area contributed by atoms with Crippen LogP contribution in [0.1, 0.15) is 67.3 Å². The first-order valence-corrected chi connectivity index (χ1v) is 10.9. The number of carbonyl (C=O) groups excluding carboxylic acids is 2. The first-order chi connectivity index (χ1) is 14.4. The summed E-state index contributed by atoms with van der Waals surface area (Å²) in [5.74, 6) is 0.105. The number of carbonyl (C=O) groups is 2. The number of ketones is 2. The van der Waals surface area contributed by atoms with E-state index < -0.39 is 0 Å². The van der Waals surface area contributed by atoms with E-state index in [1.807, 2.05) is 18.2 Å². The Hall–Kier alpha value is -2.72. The Morgan fingerprint density at radius 2 is 1.67 bits per heavy atom. The molecule has 30 heavy (non-hydrogen) atoms. The number of nitrogens with zero attached hydrogens (tertiary/aromatic N) is 2. The van der Waals surface area contributed by atoms with Crippen LogP contribution in [-0.4, -0.2) is 40.7 Å². The van der Waals surface area contributed by atoms with E-state index in [2.05, 4.69) is 54.5 Å². The van der Waals surface area contributed by atoms with Gasteiger partial charge in [0.2, 0.25) is 0 Å². The van der Waals surface area contributed by atoms with Crippen molar-refractivity contribution in [2.75, 3.05) is 19.6 Å². The number of allylic oxidation sites excluding steroid dienone is 1. The van der Waals surface area contributed by atoms with Gasteiger partial charge in [-0.15, -0.1) is 0 Å². The van der Waals surface area contributed by atoms with Crippen LogP contribution in [0.2, 0.25) is 0 Å². The minimum absolute atomic E-state index is 0.0503. The molecular formula is C26H32N2O2. The van der Waals surface area contributed by atoms with Crippen LogP contribution >= 0.6 is 0 Å². The highest BCUT2D eigenvalue weighted by Gasteiger charge is 2.18. The summed E-state index contributed by atoms with van der Waals surface area (Å²) >= 11 is 0. The van der Waals surface area contributed by atoms with Gasteiger partial charge in [-0.1, -0.05) is 32.9 Å². The number of hydrogen-bond donors (Lipinski definition) is 0. The zero-order valence-electron chi connectivity index (χ0n) is 18.8. The van der Waals surface area contributed by atoms with E-state index in [0.717, 1.165) is 65.5 Å². The summed E-state index contributed by atoms with van der Waals surface area (Å²) in [6, 6.07) is 9.95. The number of fused-ring (bicyclic) bond motifs is 3. The van der Waals surface area contributed by atoms with Crippen LogP contribution in [0.25, 0.3) is 27.9 Å². The van der Waals surface area contributed by atoms with Crippen molar-refractivity contribution in [2.24, 2.45) is 0 Å². The fourth-order valence-electron chi connectivity index (χ4n) is 4.17. The van der Waals surface area contributed by atoms with E-state index in [1.165, 1.54) is 0 Å². The van der Waals surface area contributed by atoms with Crippen LogP contribution in [0.3, 0.4) is 0 Å². The minimum atomic E-state index is 0.0503. The first-order valence-electron chi connectivity index (χ1n) is 10.9. The molecule has 0 N–H and O–H groups in total. The largest absolute Gasteiger partial charge is 0.339 e. The van der Waals surface area contributed by atoms with Gasteiger partial charge in [0, 0.05) is 46.0 Å². The number of rotatable bonds is 9. The minimum Gasteiger partial charge on any atom is -0.339 e. The molecule has 4 heteroatoms. The molecule has 158 valence electrons. The SMILES string of the molecule is CC/C=C\c1c(C(C)=O)ccc2c1c1cc(C(C)=O)ccc1n2CCN(CC)CC. The van der Waals surface area contributed by atoms with Gasteiger partial charge >= 0.3 is 0 Å². The van der Waals surface area contributed by atoms with Crippen LogP contribution in [0.4, 0.5) is 0 Å². The summed E-state index contributed by atoms with van der Waals surface area (Å²) in [7, 11) is 0. The van der Waals surface area contributed by atoms with Crippen molar-refractivity contribution in [3.05, 3.63) is 53.1 Å². The Kier molecular flexibility index (Phi) is 6.88. The zero-order chi connectivity index (χ0) is 21.8. The van der Waals surface area contributed by atoms with Crippen LogP contribution in [0.15, 0.2) is 36.4 Å². The maximum Gasteiger partial charge on any atom is 0.160 e. The molecule has 0 aliphatic carbocycles. The van der Waals surface area contributed by atoms with Crippen molar-refractivity contribution in [2.45, 2.75) is 47.6 Å². The van der Waals surface area contributed by atoms with Crippen molar-refractivity contribution in [3.8, 4) is 0 Å². The summed E-state index contributed by atoms with van der Waals surface area (Å²) in [6.45, 7) is 13.5. The Morgan fingerprint density at radius 3 is 2.27 bits per heavy atom. The molecule has 1 heterocycles. The maximum absolute atomic E-state index is 12.4. The van der Waals surface area contributed by atoms with Crippen molar-refractivity contribution >= 4 is 39.4 Å². The number of Topliss-reactive ketones (excluding diaryl/α,β-unsaturated/α-hetero) is 2. The Morgan fingerprint density at radius 1 is 0.967 bits per heavy atom. The number of likely N-dealkylation sites (N-methyl/N-ethyl adjacent to an activating group) is 1. The third kappa shape index (κ3) is 4.10. The highest BCUT2D eigenvalue weighted by molar-refractivity contribution is 6.17. The molecule has 2 aromatic carbocycles. The van der Waals surface area contributed by atoms with Gasteiger partial charge in [-0.25, -0.2) is 0 Å². The van der Waals surface area contributed by atoms with Gasteiger partial charge < -0.3 is 9.47 Å². The van der Waals surface area contributed by atoms with Crippen molar-refractivity contribution in [1.82, 2.24) is 9.47 Å². The molecule has 0 fully saturated rings. The molecule has 0 atom stereocenters. The molecule has 0 bridgehead atoms. The van der Waals surface area contributed by atoms with Gasteiger partial charge in [-0.05, 0) is 69.3 Å². The molecule has 0 amide bonds. The third-order valence-electron chi connectivity index (χ3n) is 5.91. The Bertz CT molecular complexity index is 1120. The quantitative estimate of drug-likeness (QED) is 0.413. The highest BCUT2D eigenvalue weighted by Crippen LogP contribution is 2.35. The molecule has 0 aliphatic heterocycles. The predicted molar refractivity (Wildman–Crippen MR) is 127 cm³/mol. The molecule has 4 nitrogen and oxygen atoms in total. The van der Waals surface area contributed by atoms with E-state index in [-0.39, 0.29) is 11.6 Å². The maximum atomic E-state index is 12.4. The smallest absolute Gasteiger partial charge is 0.160 e. The first kappa shape index (κ1) is 22.0. The lowest BCUT2D eigenvalue weighted by molar-refractivity contribution is 0.100. The molecule has 0 unspecified atom stereocenters. The predicted octanol–water partition coefficient (Wildman–Crippen LogP) is 5.96. The third-order valence-corrected chi connectivity index (χ3v) is 5.91. The summed E-state index contributed by atoms with van der Waals surface area (Å²) in [6.07, 6.45) is 5.05. The van der Waals surface area contributed by atoms with Crippen molar-refractivity contribution in [3.63, 3.8) is 0 Å². The van der Waals surface area contributed by atoms with Crippen LogP contribution < -0.4 is 0 Å². The summed E-state index contributed by atoms with van der Waals surface area (Å²) in [5.41, 5.74) is 4.59. The number of aromatic nitrogens is 1. The van der Waals surface area contributed by atoms with Crippen molar-refractivity contribution < 1.29 is 9.59 Å². The fourth-order valence-corrected chi connectivity index (χ4v) is 4.17. The highest BCUT2D eigenvalue weighted by atomic mass is 16.1.